The SMILES string of the molecule is C=C(C)CN1CCc2nc(N)sc2C1. The van der Waals surface area contributed by atoms with E-state index in [1.165, 1.54) is 16.1 Å². The van der Waals surface area contributed by atoms with E-state index in [1.807, 2.05) is 0 Å². The predicted octanol–water partition coefficient (Wildman–Crippen LogP) is 1.66. The molecule has 4 heteroatoms. The van der Waals surface area contributed by atoms with Crippen LogP contribution < -0.4 is 5.73 Å². The first-order valence-corrected chi connectivity index (χ1v) is 5.57. The molecule has 14 heavy (non-hydrogen) atoms. The minimum Gasteiger partial charge on any atom is -0.375 e. The Morgan fingerprint density at radius 3 is 3.21 bits per heavy atom. The summed E-state index contributed by atoms with van der Waals surface area (Å²) in [6.07, 6.45) is 1.02. The van der Waals surface area contributed by atoms with Crippen LogP contribution in [0.15, 0.2) is 12.2 Å². The smallest absolute Gasteiger partial charge is 0.180 e. The molecule has 1 aromatic heterocycles. The van der Waals surface area contributed by atoms with Gasteiger partial charge < -0.3 is 5.73 Å². The number of hydrogen-bond acceptors (Lipinski definition) is 4. The van der Waals surface area contributed by atoms with E-state index in [9.17, 15) is 0 Å². The summed E-state index contributed by atoms with van der Waals surface area (Å²) >= 11 is 1.62. The molecule has 0 spiro atoms. The highest BCUT2D eigenvalue weighted by molar-refractivity contribution is 7.15. The molecule has 0 unspecified atom stereocenters. The lowest BCUT2D eigenvalue weighted by Gasteiger charge is -2.25. The van der Waals surface area contributed by atoms with Crippen molar-refractivity contribution in [2.75, 3.05) is 18.8 Å². The van der Waals surface area contributed by atoms with Crippen LogP contribution in [-0.2, 0) is 13.0 Å². The fourth-order valence-corrected chi connectivity index (χ4v) is 2.71. The first-order chi connectivity index (χ1) is 6.65. The average molecular weight is 209 g/mol. The second kappa shape index (κ2) is 3.71. The molecule has 0 amide bonds. The number of anilines is 1. The van der Waals surface area contributed by atoms with Crippen molar-refractivity contribution in [1.82, 2.24) is 9.88 Å². The minimum atomic E-state index is 0.701. The van der Waals surface area contributed by atoms with Crippen molar-refractivity contribution in [3.05, 3.63) is 22.7 Å². The van der Waals surface area contributed by atoms with Crippen molar-refractivity contribution in [1.29, 1.82) is 0 Å². The van der Waals surface area contributed by atoms with Gasteiger partial charge in [-0.3, -0.25) is 4.90 Å². The van der Waals surface area contributed by atoms with Crippen LogP contribution >= 0.6 is 11.3 Å². The number of fused-ring (bicyclic) bond motifs is 1. The molecular formula is C10H15N3S. The van der Waals surface area contributed by atoms with Gasteiger partial charge in [0.05, 0.1) is 5.69 Å². The molecule has 0 radical (unpaired) electrons. The molecule has 0 fully saturated rings. The van der Waals surface area contributed by atoms with Crippen LogP contribution in [0.4, 0.5) is 5.13 Å². The van der Waals surface area contributed by atoms with Crippen molar-refractivity contribution in [2.45, 2.75) is 19.9 Å². The summed E-state index contributed by atoms with van der Waals surface area (Å²) in [4.78, 5) is 8.03. The summed E-state index contributed by atoms with van der Waals surface area (Å²) in [6, 6.07) is 0. The molecule has 0 saturated heterocycles. The fourth-order valence-electron chi connectivity index (χ4n) is 1.79. The van der Waals surface area contributed by atoms with Gasteiger partial charge in [-0.1, -0.05) is 12.2 Å². The van der Waals surface area contributed by atoms with Gasteiger partial charge in [0.25, 0.3) is 0 Å². The van der Waals surface area contributed by atoms with Crippen LogP contribution in [0.5, 0.6) is 0 Å². The predicted molar refractivity (Wildman–Crippen MR) is 60.3 cm³/mol. The number of aromatic nitrogens is 1. The Morgan fingerprint density at radius 1 is 1.71 bits per heavy atom. The van der Waals surface area contributed by atoms with Crippen molar-refractivity contribution >= 4 is 16.5 Å². The number of thiazole rings is 1. The zero-order chi connectivity index (χ0) is 10.1. The van der Waals surface area contributed by atoms with Gasteiger partial charge >= 0.3 is 0 Å². The van der Waals surface area contributed by atoms with Crippen molar-refractivity contribution in [2.24, 2.45) is 0 Å². The molecule has 3 nitrogen and oxygen atoms in total. The van der Waals surface area contributed by atoms with Crippen LogP contribution in [-0.4, -0.2) is 23.0 Å². The molecule has 0 saturated carbocycles. The molecule has 1 aromatic rings. The highest BCUT2D eigenvalue weighted by Gasteiger charge is 2.19. The highest BCUT2D eigenvalue weighted by atomic mass is 32.1. The average Bonchev–Trinajstić information content (AvgIpc) is 2.42. The third kappa shape index (κ3) is 1.96. The Labute approximate surface area is 88.3 Å². The lowest BCUT2D eigenvalue weighted by atomic mass is 10.1. The summed E-state index contributed by atoms with van der Waals surface area (Å²) in [5, 5.41) is 0.701. The Hall–Kier alpha value is -0.870. The number of rotatable bonds is 2. The summed E-state index contributed by atoms with van der Waals surface area (Å²) < 4.78 is 0. The lowest BCUT2D eigenvalue weighted by Crippen LogP contribution is -2.31. The standard InChI is InChI=1S/C10H15N3S/c1-7(2)5-13-4-3-8-9(6-13)14-10(11)12-8/h1,3-6H2,2H3,(H2,11,12). The Balaban J connectivity index is 2.09. The van der Waals surface area contributed by atoms with Crippen LogP contribution in [0.1, 0.15) is 17.5 Å². The Bertz CT molecular complexity index is 356. The van der Waals surface area contributed by atoms with Crippen LogP contribution in [0, 0.1) is 0 Å². The van der Waals surface area contributed by atoms with Gasteiger partial charge in [0, 0.05) is 30.9 Å². The van der Waals surface area contributed by atoms with E-state index >= 15 is 0 Å². The normalized spacial score (nSPS) is 16.6. The second-order valence-corrected chi connectivity index (χ2v) is 4.95. The first kappa shape index (κ1) is 9.68. The lowest BCUT2D eigenvalue weighted by molar-refractivity contribution is 0.277. The molecule has 0 bridgehead atoms. The summed E-state index contributed by atoms with van der Waals surface area (Å²) in [5.74, 6) is 0. The van der Waals surface area contributed by atoms with Gasteiger partial charge in [0.2, 0.25) is 0 Å². The molecule has 1 aliphatic rings. The summed E-state index contributed by atoms with van der Waals surface area (Å²) in [6.45, 7) is 9.04. The van der Waals surface area contributed by atoms with Gasteiger partial charge in [-0.25, -0.2) is 4.98 Å². The monoisotopic (exact) mass is 209 g/mol. The van der Waals surface area contributed by atoms with Gasteiger partial charge in [-0.2, -0.15) is 0 Å². The van der Waals surface area contributed by atoms with Crippen LogP contribution in [0.25, 0.3) is 0 Å². The van der Waals surface area contributed by atoms with Crippen LogP contribution in [0.3, 0.4) is 0 Å². The van der Waals surface area contributed by atoms with Gasteiger partial charge in [0.1, 0.15) is 0 Å². The molecule has 2 rings (SSSR count). The molecule has 2 N–H and O–H groups in total. The summed E-state index contributed by atoms with van der Waals surface area (Å²) in [7, 11) is 0. The number of nitrogens with two attached hydrogens (primary N) is 1. The molecule has 2 heterocycles. The second-order valence-electron chi connectivity index (χ2n) is 3.84. The highest BCUT2D eigenvalue weighted by Crippen LogP contribution is 2.26. The molecule has 0 aliphatic carbocycles. The molecule has 0 atom stereocenters. The van der Waals surface area contributed by atoms with Crippen molar-refractivity contribution < 1.29 is 0 Å². The maximum Gasteiger partial charge on any atom is 0.180 e. The topological polar surface area (TPSA) is 42.2 Å². The minimum absolute atomic E-state index is 0.701. The van der Waals surface area contributed by atoms with E-state index in [0.717, 1.165) is 26.1 Å². The van der Waals surface area contributed by atoms with Gasteiger partial charge in [-0.05, 0) is 6.92 Å². The maximum atomic E-state index is 5.68. The third-order valence-corrected chi connectivity index (χ3v) is 3.23. The van der Waals surface area contributed by atoms with Crippen molar-refractivity contribution in [3.8, 4) is 0 Å². The number of hydrogen-bond donors (Lipinski definition) is 1. The van der Waals surface area contributed by atoms with E-state index in [2.05, 4.69) is 23.4 Å². The third-order valence-electron chi connectivity index (χ3n) is 2.32. The number of nitrogens with zero attached hydrogens (tertiary/aromatic N) is 2. The quantitative estimate of drug-likeness (QED) is 0.753. The molecule has 76 valence electrons. The van der Waals surface area contributed by atoms with E-state index < -0.39 is 0 Å². The fraction of sp³-hybridized carbons (Fsp3) is 0.500. The van der Waals surface area contributed by atoms with E-state index in [4.69, 9.17) is 5.73 Å². The zero-order valence-electron chi connectivity index (χ0n) is 8.42. The van der Waals surface area contributed by atoms with E-state index in [1.54, 1.807) is 11.3 Å². The van der Waals surface area contributed by atoms with E-state index in [0.29, 0.717) is 5.13 Å². The maximum absolute atomic E-state index is 5.68. The van der Waals surface area contributed by atoms with Crippen molar-refractivity contribution in [3.63, 3.8) is 0 Å². The first-order valence-electron chi connectivity index (χ1n) is 4.76. The largest absolute Gasteiger partial charge is 0.375 e. The molecular weight excluding hydrogens is 194 g/mol. The van der Waals surface area contributed by atoms with E-state index in [-0.39, 0.29) is 0 Å². The Morgan fingerprint density at radius 2 is 2.50 bits per heavy atom. The zero-order valence-corrected chi connectivity index (χ0v) is 9.23. The Kier molecular flexibility index (Phi) is 2.56. The number of nitrogen functional groups attached to an aromatic ring is 1. The summed E-state index contributed by atoms with van der Waals surface area (Å²) in [5.41, 5.74) is 8.09. The molecule has 1 aliphatic heterocycles. The van der Waals surface area contributed by atoms with Gasteiger partial charge in [0.15, 0.2) is 5.13 Å². The van der Waals surface area contributed by atoms with Gasteiger partial charge in [-0.15, -0.1) is 11.3 Å². The van der Waals surface area contributed by atoms with Crippen LogP contribution in [0.2, 0.25) is 0 Å². The molecule has 0 aromatic carbocycles.